The van der Waals surface area contributed by atoms with Crippen LogP contribution in [0.2, 0.25) is 5.02 Å². The number of rotatable bonds is 4. The number of aryl methyl sites for hydroxylation is 2. The lowest BCUT2D eigenvalue weighted by Crippen LogP contribution is -2.28. The molecule has 0 spiro atoms. The highest BCUT2D eigenvalue weighted by molar-refractivity contribution is 6.31. The van der Waals surface area contributed by atoms with E-state index in [1.165, 1.54) is 0 Å². The first-order valence-electron chi connectivity index (χ1n) is 7.64. The van der Waals surface area contributed by atoms with E-state index in [0.29, 0.717) is 12.3 Å². The molecule has 0 unspecified atom stereocenters. The first-order valence-corrected chi connectivity index (χ1v) is 8.02. The van der Waals surface area contributed by atoms with E-state index in [1.807, 2.05) is 40.9 Å². The lowest BCUT2D eigenvalue weighted by molar-refractivity contribution is -0.130. The molecule has 2 heterocycles. The summed E-state index contributed by atoms with van der Waals surface area (Å²) in [5, 5.41) is 4.93. The van der Waals surface area contributed by atoms with Crippen LogP contribution < -0.4 is 0 Å². The number of hydrogen-bond acceptors (Lipinski definition) is 2. The Morgan fingerprint density at radius 3 is 2.91 bits per heavy atom. The molecule has 0 aliphatic carbocycles. The van der Waals surface area contributed by atoms with Crippen molar-refractivity contribution in [1.82, 2.24) is 14.7 Å². The number of amides is 1. The Morgan fingerprint density at radius 2 is 2.18 bits per heavy atom. The number of nitrogens with zero attached hydrogens (tertiary/aromatic N) is 3. The van der Waals surface area contributed by atoms with Gasteiger partial charge in [-0.3, -0.25) is 9.48 Å². The van der Waals surface area contributed by atoms with Crippen LogP contribution in [0.1, 0.15) is 30.0 Å². The van der Waals surface area contributed by atoms with Crippen molar-refractivity contribution >= 4 is 17.5 Å². The van der Waals surface area contributed by atoms with Crippen molar-refractivity contribution in [3.8, 4) is 0 Å². The Kier molecular flexibility index (Phi) is 4.48. The van der Waals surface area contributed by atoms with Gasteiger partial charge in [0, 0.05) is 49.4 Å². The average molecular weight is 318 g/mol. The minimum absolute atomic E-state index is 0.218. The lowest BCUT2D eigenvalue weighted by Gasteiger charge is -2.17. The lowest BCUT2D eigenvalue weighted by atomic mass is 9.98. The molecule has 1 saturated heterocycles. The third kappa shape index (κ3) is 3.17. The van der Waals surface area contributed by atoms with Crippen LogP contribution in [0.15, 0.2) is 36.5 Å². The zero-order valence-electron chi connectivity index (χ0n) is 12.7. The Morgan fingerprint density at radius 1 is 1.36 bits per heavy atom. The molecule has 1 aromatic heterocycles. The fraction of sp³-hybridized carbons (Fsp3) is 0.412. The molecular weight excluding hydrogens is 298 g/mol. The van der Waals surface area contributed by atoms with Gasteiger partial charge in [-0.25, -0.2) is 0 Å². The summed E-state index contributed by atoms with van der Waals surface area (Å²) in [5.74, 6) is 0.574. The summed E-state index contributed by atoms with van der Waals surface area (Å²) in [4.78, 5) is 14.3. The molecule has 116 valence electrons. The van der Waals surface area contributed by atoms with Crippen LogP contribution in [0.5, 0.6) is 0 Å². The fourth-order valence-corrected chi connectivity index (χ4v) is 3.38. The molecule has 1 fully saturated rings. The molecule has 0 bridgehead atoms. The molecule has 1 aliphatic rings. The smallest absolute Gasteiger partial charge is 0.222 e. The van der Waals surface area contributed by atoms with E-state index in [9.17, 15) is 4.79 Å². The number of carbonyl (C=O) groups is 1. The van der Waals surface area contributed by atoms with Gasteiger partial charge in [0.05, 0.1) is 0 Å². The summed E-state index contributed by atoms with van der Waals surface area (Å²) < 4.78 is 1.82. The summed E-state index contributed by atoms with van der Waals surface area (Å²) in [5.41, 5.74) is 2.25. The highest BCUT2D eigenvalue weighted by Gasteiger charge is 2.28. The predicted octanol–water partition coefficient (Wildman–Crippen LogP) is 3.02. The summed E-state index contributed by atoms with van der Waals surface area (Å²) in [6.45, 7) is 1.59. The summed E-state index contributed by atoms with van der Waals surface area (Å²) in [6, 6.07) is 9.90. The second kappa shape index (κ2) is 6.53. The minimum atomic E-state index is 0.218. The van der Waals surface area contributed by atoms with Crippen LogP contribution in [0.3, 0.4) is 0 Å². The van der Waals surface area contributed by atoms with Crippen molar-refractivity contribution < 1.29 is 4.79 Å². The van der Waals surface area contributed by atoms with E-state index in [0.717, 1.165) is 42.2 Å². The van der Waals surface area contributed by atoms with Crippen LogP contribution in [0, 0.1) is 0 Å². The van der Waals surface area contributed by atoms with Crippen molar-refractivity contribution in [3.63, 3.8) is 0 Å². The molecule has 3 rings (SSSR count). The third-order valence-electron chi connectivity index (χ3n) is 4.40. The Hall–Kier alpha value is -1.81. The monoisotopic (exact) mass is 317 g/mol. The zero-order chi connectivity index (χ0) is 15.5. The summed E-state index contributed by atoms with van der Waals surface area (Å²) >= 11 is 6.26. The van der Waals surface area contributed by atoms with Crippen molar-refractivity contribution in [2.45, 2.75) is 25.2 Å². The highest BCUT2D eigenvalue weighted by atomic mass is 35.5. The molecule has 1 amide bonds. The Labute approximate surface area is 135 Å². The van der Waals surface area contributed by atoms with Gasteiger partial charge in [-0.15, -0.1) is 0 Å². The SMILES string of the molecule is Cn1nccc1CCC(=O)N1CC[C@@H](c2ccccc2Cl)C1. The van der Waals surface area contributed by atoms with Crippen LogP contribution >= 0.6 is 11.6 Å². The second-order valence-corrected chi connectivity index (χ2v) is 6.20. The molecule has 22 heavy (non-hydrogen) atoms. The number of aromatic nitrogens is 2. The van der Waals surface area contributed by atoms with E-state index in [1.54, 1.807) is 6.20 Å². The van der Waals surface area contributed by atoms with E-state index < -0.39 is 0 Å². The summed E-state index contributed by atoms with van der Waals surface area (Å²) in [7, 11) is 1.91. The van der Waals surface area contributed by atoms with Gasteiger partial charge in [0.15, 0.2) is 0 Å². The van der Waals surface area contributed by atoms with Crippen LogP contribution in [-0.2, 0) is 18.3 Å². The number of carbonyl (C=O) groups excluding carboxylic acids is 1. The Bertz CT molecular complexity index is 667. The molecule has 2 aromatic rings. The highest BCUT2D eigenvalue weighted by Crippen LogP contribution is 2.32. The first-order chi connectivity index (χ1) is 10.6. The van der Waals surface area contributed by atoms with Gasteiger partial charge in [0.1, 0.15) is 0 Å². The molecule has 5 heteroatoms. The van der Waals surface area contributed by atoms with Crippen molar-refractivity contribution in [1.29, 1.82) is 0 Å². The maximum absolute atomic E-state index is 12.4. The molecule has 0 saturated carbocycles. The number of likely N-dealkylation sites (tertiary alicyclic amines) is 1. The average Bonchev–Trinajstić information content (AvgIpc) is 3.14. The van der Waals surface area contributed by atoms with Gasteiger partial charge in [-0.1, -0.05) is 29.8 Å². The number of benzene rings is 1. The van der Waals surface area contributed by atoms with Gasteiger partial charge < -0.3 is 4.90 Å². The van der Waals surface area contributed by atoms with Crippen LogP contribution in [0.25, 0.3) is 0 Å². The van der Waals surface area contributed by atoms with Crippen molar-refractivity contribution in [3.05, 3.63) is 52.8 Å². The van der Waals surface area contributed by atoms with E-state index in [4.69, 9.17) is 11.6 Å². The Balaban J connectivity index is 1.57. The predicted molar refractivity (Wildman–Crippen MR) is 86.9 cm³/mol. The van der Waals surface area contributed by atoms with E-state index in [2.05, 4.69) is 11.2 Å². The summed E-state index contributed by atoms with van der Waals surface area (Å²) in [6.07, 6.45) is 4.03. The largest absolute Gasteiger partial charge is 0.342 e. The van der Waals surface area contributed by atoms with E-state index in [-0.39, 0.29) is 5.91 Å². The minimum Gasteiger partial charge on any atom is -0.342 e. The van der Waals surface area contributed by atoms with Crippen LogP contribution in [0.4, 0.5) is 0 Å². The molecule has 4 nitrogen and oxygen atoms in total. The second-order valence-electron chi connectivity index (χ2n) is 5.79. The molecule has 0 radical (unpaired) electrons. The van der Waals surface area contributed by atoms with Gasteiger partial charge in [-0.2, -0.15) is 5.10 Å². The number of hydrogen-bond donors (Lipinski definition) is 0. The fourth-order valence-electron chi connectivity index (χ4n) is 3.09. The normalized spacial score (nSPS) is 17.9. The van der Waals surface area contributed by atoms with E-state index >= 15 is 0 Å². The zero-order valence-corrected chi connectivity index (χ0v) is 13.5. The topological polar surface area (TPSA) is 38.1 Å². The van der Waals surface area contributed by atoms with Gasteiger partial charge >= 0.3 is 0 Å². The van der Waals surface area contributed by atoms with Gasteiger partial charge in [-0.05, 0) is 30.5 Å². The molecular formula is C17H20ClN3O. The maximum Gasteiger partial charge on any atom is 0.222 e. The van der Waals surface area contributed by atoms with Crippen LogP contribution in [-0.4, -0.2) is 33.7 Å². The van der Waals surface area contributed by atoms with Crippen molar-refractivity contribution in [2.75, 3.05) is 13.1 Å². The molecule has 1 aliphatic heterocycles. The first kappa shape index (κ1) is 15.1. The van der Waals surface area contributed by atoms with Gasteiger partial charge in [0.25, 0.3) is 0 Å². The quantitative estimate of drug-likeness (QED) is 0.869. The molecule has 1 aromatic carbocycles. The molecule has 1 atom stereocenters. The maximum atomic E-state index is 12.4. The van der Waals surface area contributed by atoms with Crippen molar-refractivity contribution in [2.24, 2.45) is 7.05 Å². The number of halogens is 1. The standard InChI is InChI=1S/C17H20ClN3O/c1-20-14(8-10-19-20)6-7-17(22)21-11-9-13(12-21)15-4-2-3-5-16(15)18/h2-5,8,10,13H,6-7,9,11-12H2,1H3/t13-/m1/s1. The third-order valence-corrected chi connectivity index (χ3v) is 4.75. The van der Waals surface area contributed by atoms with Gasteiger partial charge in [0.2, 0.25) is 5.91 Å². The molecule has 0 N–H and O–H groups in total.